The van der Waals surface area contributed by atoms with E-state index in [0.717, 1.165) is 12.1 Å². The van der Waals surface area contributed by atoms with Crippen LogP contribution < -0.4 is 10.6 Å². The number of carbonyl (C=O) groups excluding carboxylic acids is 2. The number of rotatable bonds is 3. The van der Waals surface area contributed by atoms with Gasteiger partial charge < -0.3 is 15.4 Å². The van der Waals surface area contributed by atoms with Gasteiger partial charge in [0.05, 0.1) is 12.4 Å². The molecule has 0 aromatic heterocycles. The molecule has 0 bridgehead atoms. The van der Waals surface area contributed by atoms with Crippen LogP contribution >= 0.6 is 11.8 Å². The van der Waals surface area contributed by atoms with Crippen LogP contribution in [0.15, 0.2) is 53.5 Å². The predicted molar refractivity (Wildman–Crippen MR) is 121 cm³/mol. The molecule has 0 radical (unpaired) electrons. The topological polar surface area (TPSA) is 104 Å². The molecule has 7 nitrogen and oxygen atoms in total. The van der Waals surface area contributed by atoms with Crippen molar-refractivity contribution in [3.8, 4) is 0 Å². The zero-order valence-corrected chi connectivity index (χ0v) is 18.5. The first-order valence-corrected chi connectivity index (χ1v) is 11.3. The molecule has 2 aliphatic rings. The van der Waals surface area contributed by atoms with Crippen molar-refractivity contribution in [2.24, 2.45) is 10.9 Å². The number of nitrogens with one attached hydrogen (secondary N) is 3. The fraction of sp³-hybridized carbons (Fsp3) is 0.304. The molecule has 0 aliphatic carbocycles. The van der Waals surface area contributed by atoms with Crippen molar-refractivity contribution < 1.29 is 23.1 Å². The van der Waals surface area contributed by atoms with E-state index in [1.807, 2.05) is 0 Å². The summed E-state index contributed by atoms with van der Waals surface area (Å²) in [5.74, 6) is -2.19. The molecule has 172 valence electrons. The monoisotopic (exact) mass is 472 g/mol. The second-order valence-corrected chi connectivity index (χ2v) is 8.95. The molecule has 3 atom stereocenters. The molecule has 2 aromatic rings. The van der Waals surface area contributed by atoms with Crippen molar-refractivity contribution in [3.63, 3.8) is 0 Å². The predicted octanol–water partition coefficient (Wildman–Crippen LogP) is 3.21. The number of hydrogen-bond acceptors (Lipinski definition) is 6. The largest absolute Gasteiger partial charge is 0.365 e. The van der Waals surface area contributed by atoms with Gasteiger partial charge in [-0.25, -0.2) is 13.8 Å². The molecule has 2 amide bonds. The number of amidine groups is 2. The molecule has 10 heteroatoms. The van der Waals surface area contributed by atoms with Crippen LogP contribution in [0, 0.1) is 23.0 Å². The van der Waals surface area contributed by atoms with Gasteiger partial charge in [0.25, 0.3) is 11.8 Å². The Kier molecular flexibility index (Phi) is 6.57. The second kappa shape index (κ2) is 9.40. The number of thioether (sulfide) groups is 1. The zero-order chi connectivity index (χ0) is 23.6. The Labute approximate surface area is 193 Å². The van der Waals surface area contributed by atoms with Crippen molar-refractivity contribution >= 4 is 34.6 Å². The summed E-state index contributed by atoms with van der Waals surface area (Å²) in [5.41, 5.74) is -0.648. The highest BCUT2D eigenvalue weighted by molar-refractivity contribution is 8.13. The van der Waals surface area contributed by atoms with Gasteiger partial charge in [0, 0.05) is 28.9 Å². The van der Waals surface area contributed by atoms with E-state index in [-0.39, 0.29) is 36.3 Å². The van der Waals surface area contributed by atoms with Gasteiger partial charge in [-0.2, -0.15) is 0 Å². The number of hydrogen-bond donors (Lipinski definition) is 3. The molecule has 0 spiro atoms. The number of aliphatic imine (C=N–C) groups is 1. The van der Waals surface area contributed by atoms with Crippen molar-refractivity contribution in [2.75, 3.05) is 12.4 Å². The van der Waals surface area contributed by atoms with Crippen LogP contribution in [0.4, 0.5) is 8.78 Å². The zero-order valence-electron chi connectivity index (χ0n) is 17.7. The second-order valence-electron chi connectivity index (χ2n) is 7.94. The average molecular weight is 473 g/mol. The Morgan fingerprint density at radius 2 is 1.97 bits per heavy atom. The van der Waals surface area contributed by atoms with Crippen LogP contribution in [0.25, 0.3) is 0 Å². The van der Waals surface area contributed by atoms with Crippen LogP contribution in [0.1, 0.15) is 29.3 Å². The molecule has 0 unspecified atom stereocenters. The van der Waals surface area contributed by atoms with Crippen LogP contribution in [-0.2, 0) is 15.1 Å². The fourth-order valence-corrected chi connectivity index (χ4v) is 5.22. The summed E-state index contributed by atoms with van der Waals surface area (Å²) in [7, 11) is 0. The summed E-state index contributed by atoms with van der Waals surface area (Å²) in [6.07, 6.45) is -0.602. The maximum Gasteiger partial charge on any atom is 0.257 e. The van der Waals surface area contributed by atoms with Crippen LogP contribution in [-0.4, -0.2) is 41.3 Å². The Bertz CT molecular complexity index is 1130. The van der Waals surface area contributed by atoms with Crippen molar-refractivity contribution in [1.82, 2.24) is 10.6 Å². The molecule has 2 aliphatic heterocycles. The number of fused-ring (bicyclic) bond motifs is 1. The molecule has 33 heavy (non-hydrogen) atoms. The van der Waals surface area contributed by atoms with Crippen LogP contribution in [0.5, 0.6) is 0 Å². The minimum absolute atomic E-state index is 0.00744. The summed E-state index contributed by atoms with van der Waals surface area (Å²) in [6, 6.07) is 11.9. The lowest BCUT2D eigenvalue weighted by Gasteiger charge is -2.46. The molecular formula is C23H22F2N4O3S. The van der Waals surface area contributed by atoms with Gasteiger partial charge in [-0.05, 0) is 31.5 Å². The third-order valence-corrected chi connectivity index (χ3v) is 6.69. The van der Waals surface area contributed by atoms with Gasteiger partial charge in [-0.3, -0.25) is 15.0 Å². The SMILES string of the molecule is CC(=N)NC(=O)[C@H]1C[C@H]2CSC(NC(=O)c3ccccc3)=N[C@@]2(c2ccc(F)cc2F)CO1. The summed E-state index contributed by atoms with van der Waals surface area (Å²) in [4.78, 5) is 29.7. The molecule has 2 heterocycles. The van der Waals surface area contributed by atoms with E-state index >= 15 is 0 Å². The molecule has 4 rings (SSSR count). The highest BCUT2D eigenvalue weighted by atomic mass is 32.2. The molecule has 1 saturated heterocycles. The smallest absolute Gasteiger partial charge is 0.257 e. The summed E-state index contributed by atoms with van der Waals surface area (Å²) in [6.45, 7) is 1.31. The Balaban J connectivity index is 1.67. The van der Waals surface area contributed by atoms with Gasteiger partial charge in [0.15, 0.2) is 5.17 Å². The van der Waals surface area contributed by atoms with Crippen molar-refractivity contribution in [2.45, 2.75) is 25.0 Å². The lowest BCUT2D eigenvalue weighted by atomic mass is 9.75. The van der Waals surface area contributed by atoms with E-state index in [2.05, 4.69) is 10.6 Å². The summed E-state index contributed by atoms with van der Waals surface area (Å²) < 4.78 is 34.3. The van der Waals surface area contributed by atoms with Gasteiger partial charge >= 0.3 is 0 Å². The number of carbonyl (C=O) groups is 2. The number of nitrogens with zero attached hydrogens (tertiary/aromatic N) is 1. The normalized spacial score (nSPS) is 24.3. The molecule has 1 fully saturated rings. The lowest BCUT2D eigenvalue weighted by molar-refractivity contribution is -0.140. The maximum absolute atomic E-state index is 14.9. The minimum atomic E-state index is -1.24. The van der Waals surface area contributed by atoms with Crippen LogP contribution in [0.3, 0.4) is 0 Å². The average Bonchev–Trinajstić information content (AvgIpc) is 2.78. The number of ether oxygens (including phenoxy) is 1. The molecular weight excluding hydrogens is 450 g/mol. The molecule has 3 N–H and O–H groups in total. The highest BCUT2D eigenvalue weighted by Gasteiger charge is 2.51. The quantitative estimate of drug-likeness (QED) is 0.471. The third-order valence-electron chi connectivity index (χ3n) is 5.66. The fourth-order valence-electron chi connectivity index (χ4n) is 4.06. The van der Waals surface area contributed by atoms with Gasteiger partial charge in [0.1, 0.15) is 23.3 Å². The number of amides is 2. The van der Waals surface area contributed by atoms with E-state index in [0.29, 0.717) is 16.5 Å². The van der Waals surface area contributed by atoms with E-state index in [1.165, 1.54) is 24.8 Å². The van der Waals surface area contributed by atoms with E-state index in [1.54, 1.807) is 30.3 Å². The highest BCUT2D eigenvalue weighted by Crippen LogP contribution is 2.47. The van der Waals surface area contributed by atoms with E-state index < -0.39 is 29.2 Å². The van der Waals surface area contributed by atoms with Gasteiger partial charge in [-0.1, -0.05) is 36.0 Å². The standard InChI is InChI=1S/C23H22F2N4O3S/c1-13(26)27-21(31)19-9-15-11-33-22(28-20(30)14-5-3-2-4-6-14)29-23(15,12-32-19)17-8-7-16(24)10-18(17)25/h2-8,10,15,19H,9,11-12H2,1H3,(H2,26,27,31)(H,28,29,30)/t15-,19+,23-/m0/s1. The first kappa shape index (κ1) is 23.1. The number of benzene rings is 2. The first-order chi connectivity index (χ1) is 15.8. The van der Waals surface area contributed by atoms with Crippen molar-refractivity contribution in [3.05, 3.63) is 71.3 Å². The molecule has 2 aromatic carbocycles. The van der Waals surface area contributed by atoms with Crippen LogP contribution in [0.2, 0.25) is 0 Å². The maximum atomic E-state index is 14.9. The lowest BCUT2D eigenvalue weighted by Crippen LogP contribution is -2.54. The number of halogens is 2. The third kappa shape index (κ3) is 4.81. The Morgan fingerprint density at radius 3 is 2.67 bits per heavy atom. The summed E-state index contributed by atoms with van der Waals surface area (Å²) >= 11 is 1.29. The van der Waals surface area contributed by atoms with Gasteiger partial charge in [-0.15, -0.1) is 0 Å². The Morgan fingerprint density at radius 1 is 1.21 bits per heavy atom. The first-order valence-electron chi connectivity index (χ1n) is 10.3. The minimum Gasteiger partial charge on any atom is -0.365 e. The van der Waals surface area contributed by atoms with Gasteiger partial charge in [0.2, 0.25) is 0 Å². The molecule has 0 saturated carbocycles. The Hall–Kier alpha value is -3.11. The summed E-state index contributed by atoms with van der Waals surface area (Å²) in [5, 5.41) is 13.0. The van der Waals surface area contributed by atoms with Crippen molar-refractivity contribution in [1.29, 1.82) is 5.41 Å². The van der Waals surface area contributed by atoms with E-state index in [4.69, 9.17) is 15.1 Å². The van der Waals surface area contributed by atoms with E-state index in [9.17, 15) is 18.4 Å².